The third-order valence-corrected chi connectivity index (χ3v) is 2.32. The third kappa shape index (κ3) is 7.13. The lowest BCUT2D eigenvalue weighted by Crippen LogP contribution is -2.42. The Hall–Kier alpha value is -1.27. The van der Waals surface area contributed by atoms with E-state index in [1.54, 1.807) is 12.2 Å². The van der Waals surface area contributed by atoms with Gasteiger partial charge in [-0.25, -0.2) is 0 Å². The van der Waals surface area contributed by atoms with Gasteiger partial charge in [0, 0.05) is 12.5 Å². The molecule has 0 rings (SSSR count). The number of hydrogen-bond acceptors (Lipinski definition) is 3. The summed E-state index contributed by atoms with van der Waals surface area (Å²) in [6.07, 6.45) is -4.35. The van der Waals surface area contributed by atoms with Gasteiger partial charge in [-0.2, -0.15) is 13.2 Å². The highest BCUT2D eigenvalue weighted by atomic mass is 19.4. The monoisotopic (exact) mass is 269 g/mol. The molecule has 0 bridgehead atoms. The Morgan fingerprint density at radius 2 is 1.83 bits per heavy atom. The van der Waals surface area contributed by atoms with Crippen LogP contribution in [0.15, 0.2) is 0 Å². The predicted octanol–water partition coefficient (Wildman–Crippen LogP) is 2.18. The van der Waals surface area contributed by atoms with Gasteiger partial charge in [0.25, 0.3) is 0 Å². The molecule has 0 aromatic carbocycles. The zero-order valence-corrected chi connectivity index (χ0v) is 10.6. The maximum atomic E-state index is 11.9. The van der Waals surface area contributed by atoms with Gasteiger partial charge in [0.15, 0.2) is 0 Å². The molecule has 0 aromatic heterocycles. The van der Waals surface area contributed by atoms with Crippen LogP contribution in [0.3, 0.4) is 0 Å². The fourth-order valence-electron chi connectivity index (χ4n) is 1.08. The van der Waals surface area contributed by atoms with E-state index in [9.17, 15) is 22.8 Å². The number of esters is 1. The number of ether oxygens (including phenoxy) is 1. The van der Waals surface area contributed by atoms with E-state index < -0.39 is 24.1 Å². The van der Waals surface area contributed by atoms with Crippen LogP contribution in [0.1, 0.15) is 40.0 Å². The van der Waals surface area contributed by atoms with Crippen LogP contribution < -0.4 is 5.32 Å². The van der Waals surface area contributed by atoms with Gasteiger partial charge in [-0.1, -0.05) is 6.92 Å². The molecule has 0 fully saturated rings. The summed E-state index contributed by atoms with van der Waals surface area (Å²) in [7, 11) is 0. The van der Waals surface area contributed by atoms with Gasteiger partial charge >= 0.3 is 18.1 Å². The summed E-state index contributed by atoms with van der Waals surface area (Å²) in [4.78, 5) is 21.8. The van der Waals surface area contributed by atoms with Crippen LogP contribution >= 0.6 is 0 Å². The van der Waals surface area contributed by atoms with E-state index in [0.29, 0.717) is 6.42 Å². The van der Waals surface area contributed by atoms with Gasteiger partial charge in [0.1, 0.15) is 0 Å². The predicted molar refractivity (Wildman–Crippen MR) is 58.7 cm³/mol. The molecule has 1 N–H and O–H groups in total. The number of nitrogens with one attached hydrogen (secondary N) is 1. The van der Waals surface area contributed by atoms with Crippen molar-refractivity contribution in [2.75, 3.05) is 0 Å². The molecular weight excluding hydrogens is 251 g/mol. The lowest BCUT2D eigenvalue weighted by molar-refractivity contribution is -0.174. The molecule has 2 atom stereocenters. The highest BCUT2D eigenvalue weighted by Crippen LogP contribution is 2.15. The lowest BCUT2D eigenvalue weighted by Gasteiger charge is -2.15. The van der Waals surface area contributed by atoms with Gasteiger partial charge in [0.2, 0.25) is 0 Å². The number of amides is 1. The molecule has 4 nitrogen and oxygen atoms in total. The standard InChI is InChI=1S/C11H18F3NO3/c1-4-8(3)18-9(16)6-5-7(2)15-10(17)11(12,13)14/h7-8H,4-6H2,1-3H3,(H,15,17). The quantitative estimate of drug-likeness (QED) is 0.752. The van der Waals surface area contributed by atoms with Gasteiger partial charge in [-0.05, 0) is 26.7 Å². The van der Waals surface area contributed by atoms with E-state index in [1.807, 2.05) is 6.92 Å². The second-order valence-electron chi connectivity index (χ2n) is 4.12. The fraction of sp³-hybridized carbons (Fsp3) is 0.818. The Labute approximate surface area is 104 Å². The number of alkyl halides is 3. The molecule has 0 saturated carbocycles. The van der Waals surface area contributed by atoms with Crippen molar-refractivity contribution in [3.63, 3.8) is 0 Å². The highest BCUT2D eigenvalue weighted by Gasteiger charge is 2.39. The molecule has 0 spiro atoms. The van der Waals surface area contributed by atoms with Gasteiger partial charge in [-0.15, -0.1) is 0 Å². The third-order valence-electron chi connectivity index (χ3n) is 2.32. The van der Waals surface area contributed by atoms with E-state index in [4.69, 9.17) is 4.74 Å². The van der Waals surface area contributed by atoms with Gasteiger partial charge in [0.05, 0.1) is 6.10 Å². The van der Waals surface area contributed by atoms with Crippen molar-refractivity contribution in [2.24, 2.45) is 0 Å². The molecular formula is C11H18F3NO3. The SMILES string of the molecule is CCC(C)OC(=O)CCC(C)NC(=O)C(F)(F)F. The van der Waals surface area contributed by atoms with E-state index in [0.717, 1.165) is 0 Å². The lowest BCUT2D eigenvalue weighted by atomic mass is 10.2. The van der Waals surface area contributed by atoms with Crippen LogP contribution in [-0.4, -0.2) is 30.2 Å². The summed E-state index contributed by atoms with van der Waals surface area (Å²) < 4.78 is 40.7. The molecule has 7 heteroatoms. The van der Waals surface area contributed by atoms with E-state index in [1.165, 1.54) is 6.92 Å². The van der Waals surface area contributed by atoms with Gasteiger partial charge in [-0.3, -0.25) is 9.59 Å². The van der Waals surface area contributed by atoms with Crippen LogP contribution in [0.5, 0.6) is 0 Å². The zero-order valence-electron chi connectivity index (χ0n) is 10.6. The maximum Gasteiger partial charge on any atom is 0.471 e. The summed E-state index contributed by atoms with van der Waals surface area (Å²) in [5.41, 5.74) is 0. The first-order valence-electron chi connectivity index (χ1n) is 5.74. The number of halogens is 3. The molecule has 0 aliphatic rings. The topological polar surface area (TPSA) is 55.4 Å². The highest BCUT2D eigenvalue weighted by molar-refractivity contribution is 5.82. The number of hydrogen-bond donors (Lipinski definition) is 1. The maximum absolute atomic E-state index is 11.9. The molecule has 0 saturated heterocycles. The number of carbonyl (C=O) groups excluding carboxylic acids is 2. The first kappa shape index (κ1) is 16.7. The molecule has 1 amide bonds. The summed E-state index contributed by atoms with van der Waals surface area (Å²) in [6.45, 7) is 4.98. The Morgan fingerprint density at radius 3 is 2.28 bits per heavy atom. The molecule has 106 valence electrons. The Balaban J connectivity index is 3.94. The van der Waals surface area contributed by atoms with Crippen molar-refractivity contribution in [3.8, 4) is 0 Å². The molecule has 0 aliphatic carbocycles. The minimum Gasteiger partial charge on any atom is -0.463 e. The molecule has 2 unspecified atom stereocenters. The summed E-state index contributed by atoms with van der Waals surface area (Å²) >= 11 is 0. The van der Waals surface area contributed by atoms with Crippen molar-refractivity contribution < 1.29 is 27.5 Å². The van der Waals surface area contributed by atoms with E-state index in [2.05, 4.69) is 0 Å². The molecule has 0 aromatic rings. The minimum atomic E-state index is -4.90. The second-order valence-corrected chi connectivity index (χ2v) is 4.12. The Kier molecular flexibility index (Phi) is 6.72. The van der Waals surface area contributed by atoms with Crippen molar-refractivity contribution in [2.45, 2.75) is 58.4 Å². The zero-order chi connectivity index (χ0) is 14.3. The van der Waals surface area contributed by atoms with Crippen LogP contribution in [0.4, 0.5) is 13.2 Å². The largest absolute Gasteiger partial charge is 0.471 e. The summed E-state index contributed by atoms with van der Waals surface area (Å²) in [5.74, 6) is -2.47. The molecule has 0 aliphatic heterocycles. The Bertz CT molecular complexity index is 292. The Morgan fingerprint density at radius 1 is 1.28 bits per heavy atom. The number of rotatable bonds is 6. The van der Waals surface area contributed by atoms with Crippen LogP contribution in [0.25, 0.3) is 0 Å². The average molecular weight is 269 g/mol. The smallest absolute Gasteiger partial charge is 0.463 e. The molecule has 0 heterocycles. The van der Waals surface area contributed by atoms with Crippen molar-refractivity contribution >= 4 is 11.9 Å². The molecule has 18 heavy (non-hydrogen) atoms. The fourth-order valence-corrected chi connectivity index (χ4v) is 1.08. The second kappa shape index (κ2) is 7.23. The van der Waals surface area contributed by atoms with Crippen LogP contribution in [0.2, 0.25) is 0 Å². The minimum absolute atomic E-state index is 0.0242. The average Bonchev–Trinajstić information content (AvgIpc) is 2.24. The van der Waals surface area contributed by atoms with E-state index in [-0.39, 0.29) is 18.9 Å². The number of carbonyl (C=O) groups is 2. The van der Waals surface area contributed by atoms with Crippen molar-refractivity contribution in [1.82, 2.24) is 5.32 Å². The van der Waals surface area contributed by atoms with Gasteiger partial charge < -0.3 is 10.1 Å². The van der Waals surface area contributed by atoms with Crippen LogP contribution in [0, 0.1) is 0 Å². The molecule has 0 radical (unpaired) electrons. The summed E-state index contributed by atoms with van der Waals surface area (Å²) in [6, 6.07) is -0.733. The first-order valence-corrected chi connectivity index (χ1v) is 5.74. The van der Waals surface area contributed by atoms with Crippen molar-refractivity contribution in [3.05, 3.63) is 0 Å². The van der Waals surface area contributed by atoms with E-state index >= 15 is 0 Å². The van der Waals surface area contributed by atoms with Crippen LogP contribution in [-0.2, 0) is 14.3 Å². The normalized spacial score (nSPS) is 14.8. The van der Waals surface area contributed by atoms with Crippen molar-refractivity contribution in [1.29, 1.82) is 0 Å². The first-order chi connectivity index (χ1) is 8.16. The summed E-state index contributed by atoms with van der Waals surface area (Å²) in [5, 5.41) is 1.77.